The molecular formula is C28H32ClN3O4S. The first-order valence-corrected chi connectivity index (χ1v) is 14.2. The van der Waals surface area contributed by atoms with Crippen molar-refractivity contribution in [1.82, 2.24) is 10.2 Å². The van der Waals surface area contributed by atoms with E-state index in [1.165, 1.54) is 11.0 Å². The summed E-state index contributed by atoms with van der Waals surface area (Å²) in [6.07, 6.45) is 1.32. The molecule has 0 heterocycles. The average molecular weight is 542 g/mol. The summed E-state index contributed by atoms with van der Waals surface area (Å²) >= 11 is 6.26. The SMILES string of the molecule is CCNC(=O)C(Cc1ccccc1)N(Cc1ccccc1)C(=O)CN(c1ccc(C)c(Cl)c1)S(C)(=O)=O. The van der Waals surface area contributed by atoms with Crippen molar-refractivity contribution >= 4 is 39.1 Å². The minimum Gasteiger partial charge on any atom is -0.355 e. The van der Waals surface area contributed by atoms with Crippen molar-refractivity contribution in [2.75, 3.05) is 23.7 Å². The molecule has 3 aromatic carbocycles. The number of nitrogens with zero attached hydrogens (tertiary/aromatic N) is 2. The summed E-state index contributed by atoms with van der Waals surface area (Å²) in [5.41, 5.74) is 2.77. The molecule has 0 bridgehead atoms. The fourth-order valence-electron chi connectivity index (χ4n) is 3.98. The first-order valence-electron chi connectivity index (χ1n) is 12.0. The molecule has 0 spiro atoms. The molecule has 1 N–H and O–H groups in total. The second-order valence-corrected chi connectivity index (χ2v) is 11.1. The van der Waals surface area contributed by atoms with Crippen LogP contribution in [0.4, 0.5) is 5.69 Å². The maximum atomic E-state index is 13.9. The Kier molecular flexibility index (Phi) is 9.72. The number of sulfonamides is 1. The van der Waals surface area contributed by atoms with E-state index in [1.54, 1.807) is 12.1 Å². The minimum atomic E-state index is -3.84. The molecule has 0 radical (unpaired) electrons. The predicted octanol–water partition coefficient (Wildman–Crippen LogP) is 4.19. The molecule has 0 saturated heterocycles. The van der Waals surface area contributed by atoms with Gasteiger partial charge in [-0.15, -0.1) is 0 Å². The second kappa shape index (κ2) is 12.7. The van der Waals surface area contributed by atoms with Crippen molar-refractivity contribution in [3.8, 4) is 0 Å². The molecule has 0 aliphatic rings. The minimum absolute atomic E-state index is 0.139. The third-order valence-corrected chi connectivity index (χ3v) is 7.49. The van der Waals surface area contributed by atoms with E-state index in [0.29, 0.717) is 11.6 Å². The number of likely N-dealkylation sites (N-methyl/N-ethyl adjacent to an activating group) is 1. The molecule has 1 unspecified atom stereocenters. The van der Waals surface area contributed by atoms with E-state index in [-0.39, 0.29) is 24.6 Å². The Hall–Kier alpha value is -3.36. The van der Waals surface area contributed by atoms with Crippen LogP contribution in [0.15, 0.2) is 78.9 Å². The quantitative estimate of drug-likeness (QED) is 0.394. The number of hydrogen-bond donors (Lipinski definition) is 1. The lowest BCUT2D eigenvalue weighted by Crippen LogP contribution is -2.53. The van der Waals surface area contributed by atoms with Gasteiger partial charge < -0.3 is 10.2 Å². The number of halogens is 1. The van der Waals surface area contributed by atoms with Gasteiger partial charge in [-0.2, -0.15) is 0 Å². The molecular weight excluding hydrogens is 510 g/mol. The van der Waals surface area contributed by atoms with E-state index in [2.05, 4.69) is 5.32 Å². The van der Waals surface area contributed by atoms with E-state index >= 15 is 0 Å². The van der Waals surface area contributed by atoms with Crippen molar-refractivity contribution in [3.63, 3.8) is 0 Å². The maximum Gasteiger partial charge on any atom is 0.244 e. The molecule has 0 fully saturated rings. The fourth-order valence-corrected chi connectivity index (χ4v) is 4.99. The molecule has 0 aliphatic heterocycles. The predicted molar refractivity (Wildman–Crippen MR) is 148 cm³/mol. The van der Waals surface area contributed by atoms with Gasteiger partial charge in [0.1, 0.15) is 12.6 Å². The summed E-state index contributed by atoms with van der Waals surface area (Å²) in [5, 5.41) is 3.23. The number of nitrogens with one attached hydrogen (secondary N) is 1. The van der Waals surface area contributed by atoms with Gasteiger partial charge in [0, 0.05) is 24.5 Å². The number of rotatable bonds is 11. The summed E-state index contributed by atoms with van der Waals surface area (Å²) in [6.45, 7) is 3.68. The molecule has 3 rings (SSSR count). The number of anilines is 1. The van der Waals surface area contributed by atoms with Gasteiger partial charge in [-0.05, 0) is 42.7 Å². The lowest BCUT2D eigenvalue weighted by atomic mass is 10.0. The van der Waals surface area contributed by atoms with E-state index in [0.717, 1.165) is 27.3 Å². The zero-order chi connectivity index (χ0) is 27.0. The number of benzene rings is 3. The lowest BCUT2D eigenvalue weighted by Gasteiger charge is -2.33. The molecule has 2 amide bonds. The van der Waals surface area contributed by atoms with Gasteiger partial charge in [-0.3, -0.25) is 13.9 Å². The van der Waals surface area contributed by atoms with Crippen molar-refractivity contribution in [2.45, 2.75) is 32.9 Å². The van der Waals surface area contributed by atoms with E-state index in [4.69, 9.17) is 11.6 Å². The van der Waals surface area contributed by atoms with Gasteiger partial charge in [-0.25, -0.2) is 8.42 Å². The Morgan fingerprint density at radius 2 is 1.54 bits per heavy atom. The van der Waals surface area contributed by atoms with Crippen molar-refractivity contribution in [2.24, 2.45) is 0 Å². The third-order valence-electron chi connectivity index (χ3n) is 5.94. The Bertz CT molecular complexity index is 1320. The number of carbonyl (C=O) groups excluding carboxylic acids is 2. The summed E-state index contributed by atoms with van der Waals surface area (Å²) < 4.78 is 26.6. The van der Waals surface area contributed by atoms with E-state index in [9.17, 15) is 18.0 Å². The highest BCUT2D eigenvalue weighted by Crippen LogP contribution is 2.25. The fraction of sp³-hybridized carbons (Fsp3) is 0.286. The van der Waals surface area contributed by atoms with Crippen LogP contribution < -0.4 is 9.62 Å². The molecule has 0 aromatic heterocycles. The monoisotopic (exact) mass is 541 g/mol. The number of amides is 2. The van der Waals surface area contributed by atoms with Gasteiger partial charge in [0.25, 0.3) is 0 Å². The van der Waals surface area contributed by atoms with Crippen LogP contribution in [-0.4, -0.2) is 50.5 Å². The Morgan fingerprint density at radius 3 is 2.08 bits per heavy atom. The summed E-state index contributed by atoms with van der Waals surface area (Å²) in [5.74, 6) is -0.807. The molecule has 0 aliphatic carbocycles. The normalized spacial score (nSPS) is 12.0. The summed E-state index contributed by atoms with van der Waals surface area (Å²) in [7, 11) is -3.84. The van der Waals surface area contributed by atoms with Gasteiger partial charge >= 0.3 is 0 Å². The third kappa shape index (κ3) is 7.81. The second-order valence-electron chi connectivity index (χ2n) is 8.81. The van der Waals surface area contributed by atoms with E-state index < -0.39 is 28.5 Å². The topological polar surface area (TPSA) is 86.8 Å². The first kappa shape index (κ1) is 28.2. The van der Waals surface area contributed by atoms with Crippen molar-refractivity contribution < 1.29 is 18.0 Å². The Labute approximate surface area is 224 Å². The maximum absolute atomic E-state index is 13.9. The van der Waals surface area contributed by atoms with E-state index in [1.807, 2.05) is 74.5 Å². The van der Waals surface area contributed by atoms with Crippen LogP contribution in [0.1, 0.15) is 23.6 Å². The van der Waals surface area contributed by atoms with Gasteiger partial charge in [-0.1, -0.05) is 78.3 Å². The molecule has 196 valence electrons. The van der Waals surface area contributed by atoms with Crippen LogP contribution in [-0.2, 0) is 32.6 Å². The number of aryl methyl sites for hydroxylation is 1. The molecule has 3 aromatic rings. The van der Waals surface area contributed by atoms with Crippen LogP contribution in [0, 0.1) is 6.92 Å². The Balaban J connectivity index is 2.03. The van der Waals surface area contributed by atoms with Crippen molar-refractivity contribution in [1.29, 1.82) is 0 Å². The van der Waals surface area contributed by atoms with Crippen molar-refractivity contribution in [3.05, 3.63) is 101 Å². The lowest BCUT2D eigenvalue weighted by molar-refractivity contribution is -0.140. The molecule has 7 nitrogen and oxygen atoms in total. The average Bonchev–Trinajstić information content (AvgIpc) is 2.87. The van der Waals surface area contributed by atoms with Gasteiger partial charge in [0.15, 0.2) is 0 Å². The summed E-state index contributed by atoms with van der Waals surface area (Å²) in [6, 6.07) is 22.7. The highest BCUT2D eigenvalue weighted by molar-refractivity contribution is 7.92. The first-order chi connectivity index (χ1) is 17.6. The number of hydrogen-bond acceptors (Lipinski definition) is 4. The summed E-state index contributed by atoms with van der Waals surface area (Å²) in [4.78, 5) is 28.6. The van der Waals surface area contributed by atoms with Crippen LogP contribution in [0.25, 0.3) is 0 Å². The zero-order valence-electron chi connectivity index (χ0n) is 21.2. The largest absolute Gasteiger partial charge is 0.355 e. The Morgan fingerprint density at radius 1 is 0.946 bits per heavy atom. The molecule has 37 heavy (non-hydrogen) atoms. The zero-order valence-corrected chi connectivity index (χ0v) is 22.8. The molecule has 0 saturated carbocycles. The number of carbonyl (C=O) groups is 2. The van der Waals surface area contributed by atoms with Gasteiger partial charge in [0.2, 0.25) is 21.8 Å². The van der Waals surface area contributed by atoms with Crippen LogP contribution >= 0.6 is 11.6 Å². The standard InChI is InChI=1S/C28H32ClN3O4S/c1-4-30-28(34)26(17-22-11-7-5-8-12-22)31(19-23-13-9-6-10-14-23)27(33)20-32(37(3,35)36)24-16-15-21(2)25(29)18-24/h5-16,18,26H,4,17,19-20H2,1-3H3,(H,30,34). The molecule has 1 atom stereocenters. The van der Waals surface area contributed by atoms with Gasteiger partial charge in [0.05, 0.1) is 11.9 Å². The van der Waals surface area contributed by atoms with Crippen LogP contribution in [0.2, 0.25) is 5.02 Å². The van der Waals surface area contributed by atoms with Crippen LogP contribution in [0.5, 0.6) is 0 Å². The molecule has 9 heteroatoms. The highest BCUT2D eigenvalue weighted by Gasteiger charge is 2.32. The van der Waals surface area contributed by atoms with Crippen LogP contribution in [0.3, 0.4) is 0 Å². The highest BCUT2D eigenvalue weighted by atomic mass is 35.5. The smallest absolute Gasteiger partial charge is 0.244 e.